The van der Waals surface area contributed by atoms with E-state index in [1.165, 1.54) is 9.58 Å². The lowest BCUT2D eigenvalue weighted by atomic mass is 10.2. The Balaban J connectivity index is 1.86. The summed E-state index contributed by atoms with van der Waals surface area (Å²) in [4.78, 5) is 44.3. The van der Waals surface area contributed by atoms with Gasteiger partial charge in [-0.3, -0.25) is 19.1 Å². The van der Waals surface area contributed by atoms with E-state index in [1.54, 1.807) is 42.5 Å². The Morgan fingerprint density at radius 3 is 2.47 bits per heavy atom. The third-order valence-electron chi connectivity index (χ3n) is 6.82. The zero-order valence-electron chi connectivity index (χ0n) is 22.6. The number of hydrogen-bond donors (Lipinski definition) is 2. The van der Waals surface area contributed by atoms with Crippen molar-refractivity contribution in [1.29, 1.82) is 0 Å². The summed E-state index contributed by atoms with van der Waals surface area (Å²) in [6.45, 7) is 12.4. The first-order chi connectivity index (χ1) is 17.7. The van der Waals surface area contributed by atoms with Gasteiger partial charge in [-0.1, -0.05) is 45.0 Å². The van der Waals surface area contributed by atoms with Crippen LogP contribution in [0.3, 0.4) is 0 Å². The maximum Gasteiger partial charge on any atom is 0.269 e. The standard InChI is InChI=1S/C26H35BrN6O4Si/c1-17(16-37-38(5,6)26(2,3)4)32(14-22(34)30-21-13-9-12-20(27)29-21)23(35)15-33-19-11-8-7-10-18(19)24(31-33)25(28)36/h7-13,17H,14-16H2,1-6H3,(H2,28,36)(H,29,30,34)/t17-/m1/s1. The van der Waals surface area contributed by atoms with Crippen LogP contribution < -0.4 is 11.1 Å². The number of carbonyl (C=O) groups excluding carboxylic acids is 3. The van der Waals surface area contributed by atoms with Crippen LogP contribution in [0.1, 0.15) is 38.2 Å². The molecule has 3 N–H and O–H groups in total. The van der Waals surface area contributed by atoms with E-state index in [4.69, 9.17) is 10.2 Å². The molecule has 10 nitrogen and oxygen atoms in total. The third-order valence-corrected chi connectivity index (χ3v) is 11.8. The van der Waals surface area contributed by atoms with Gasteiger partial charge in [0.05, 0.1) is 18.2 Å². The molecule has 0 aliphatic heterocycles. The first-order valence-electron chi connectivity index (χ1n) is 12.3. The minimum absolute atomic E-state index is 0.00949. The average molecular weight is 604 g/mol. The lowest BCUT2D eigenvalue weighted by Crippen LogP contribution is -2.50. The molecule has 1 atom stereocenters. The van der Waals surface area contributed by atoms with Crippen molar-refractivity contribution in [2.45, 2.75) is 58.4 Å². The molecule has 0 aliphatic rings. The molecule has 3 rings (SSSR count). The van der Waals surface area contributed by atoms with E-state index in [1.807, 2.05) is 6.92 Å². The second kappa shape index (κ2) is 11.7. The molecule has 1 aromatic carbocycles. The van der Waals surface area contributed by atoms with Crippen LogP contribution in [0.2, 0.25) is 18.1 Å². The molecule has 3 aromatic rings. The van der Waals surface area contributed by atoms with Gasteiger partial charge in [0, 0.05) is 5.39 Å². The summed E-state index contributed by atoms with van der Waals surface area (Å²) in [5.74, 6) is -1.06. The van der Waals surface area contributed by atoms with Gasteiger partial charge in [-0.05, 0) is 59.2 Å². The van der Waals surface area contributed by atoms with E-state index in [0.29, 0.717) is 21.3 Å². The largest absolute Gasteiger partial charge is 0.415 e. The Morgan fingerprint density at radius 2 is 1.84 bits per heavy atom. The lowest BCUT2D eigenvalue weighted by Gasteiger charge is -2.38. The van der Waals surface area contributed by atoms with Crippen LogP contribution in [0.15, 0.2) is 47.1 Å². The number of aromatic nitrogens is 3. The van der Waals surface area contributed by atoms with Crippen molar-refractivity contribution < 1.29 is 18.8 Å². The van der Waals surface area contributed by atoms with Crippen LogP contribution in [0.5, 0.6) is 0 Å². The number of primary amides is 1. The SMILES string of the molecule is C[C@H](CO[Si](C)(C)C(C)(C)C)N(CC(=O)Nc1cccc(Br)n1)C(=O)Cn1nc(C(N)=O)c2ccccc21. The molecule has 2 heterocycles. The van der Waals surface area contributed by atoms with Crippen LogP contribution in [0, 0.1) is 0 Å². The summed E-state index contributed by atoms with van der Waals surface area (Å²) >= 11 is 3.29. The number of anilines is 1. The molecule has 38 heavy (non-hydrogen) atoms. The number of rotatable bonds is 10. The maximum absolute atomic E-state index is 13.6. The van der Waals surface area contributed by atoms with Gasteiger partial charge in [-0.2, -0.15) is 5.10 Å². The molecule has 0 saturated carbocycles. The van der Waals surface area contributed by atoms with Crippen molar-refractivity contribution in [3.8, 4) is 0 Å². The minimum Gasteiger partial charge on any atom is -0.415 e. The van der Waals surface area contributed by atoms with Crippen molar-refractivity contribution in [2.75, 3.05) is 18.5 Å². The van der Waals surface area contributed by atoms with Gasteiger partial charge < -0.3 is 20.4 Å². The van der Waals surface area contributed by atoms with Gasteiger partial charge in [0.25, 0.3) is 5.91 Å². The highest BCUT2D eigenvalue weighted by atomic mass is 79.9. The van der Waals surface area contributed by atoms with Crippen LogP contribution in [0.25, 0.3) is 10.9 Å². The molecule has 0 saturated heterocycles. The fourth-order valence-electron chi connectivity index (χ4n) is 3.59. The Kier molecular flexibility index (Phi) is 9.11. The Bertz CT molecular complexity index is 1340. The van der Waals surface area contributed by atoms with Gasteiger partial charge in [0.1, 0.15) is 23.5 Å². The molecule has 0 radical (unpaired) electrons. The van der Waals surface area contributed by atoms with E-state index in [-0.39, 0.29) is 36.3 Å². The molecule has 0 spiro atoms. The number of benzene rings is 1. The zero-order chi connectivity index (χ0) is 28.3. The van der Waals surface area contributed by atoms with Crippen molar-refractivity contribution in [3.63, 3.8) is 0 Å². The molecule has 2 aromatic heterocycles. The van der Waals surface area contributed by atoms with E-state index in [9.17, 15) is 14.4 Å². The summed E-state index contributed by atoms with van der Waals surface area (Å²) in [7, 11) is -2.10. The van der Waals surface area contributed by atoms with Crippen molar-refractivity contribution in [2.24, 2.45) is 5.73 Å². The molecular formula is C26H35BrN6O4Si. The smallest absolute Gasteiger partial charge is 0.269 e. The van der Waals surface area contributed by atoms with E-state index >= 15 is 0 Å². The quantitative estimate of drug-likeness (QED) is 0.264. The third kappa shape index (κ3) is 7.06. The van der Waals surface area contributed by atoms with Crippen LogP contribution in [-0.2, 0) is 20.6 Å². The van der Waals surface area contributed by atoms with Crippen LogP contribution in [0.4, 0.5) is 5.82 Å². The zero-order valence-corrected chi connectivity index (χ0v) is 25.2. The van der Waals surface area contributed by atoms with Crippen molar-refractivity contribution in [3.05, 3.63) is 52.8 Å². The van der Waals surface area contributed by atoms with Crippen molar-refractivity contribution >= 4 is 58.7 Å². The Labute approximate surface area is 232 Å². The normalized spacial score (nSPS) is 12.8. The average Bonchev–Trinajstić information content (AvgIpc) is 3.19. The topological polar surface area (TPSA) is 132 Å². The number of fused-ring (bicyclic) bond motifs is 1. The maximum atomic E-state index is 13.6. The molecule has 0 bridgehead atoms. The van der Waals surface area contributed by atoms with Gasteiger partial charge in [-0.25, -0.2) is 4.98 Å². The molecule has 12 heteroatoms. The lowest BCUT2D eigenvalue weighted by molar-refractivity contribution is -0.138. The van der Waals surface area contributed by atoms with E-state index in [0.717, 1.165) is 0 Å². The summed E-state index contributed by atoms with van der Waals surface area (Å²) < 4.78 is 8.39. The predicted octanol–water partition coefficient (Wildman–Crippen LogP) is 4.17. The fourth-order valence-corrected chi connectivity index (χ4v) is 5.02. The first kappa shape index (κ1) is 29.5. The summed E-state index contributed by atoms with van der Waals surface area (Å²) in [6, 6.07) is 11.8. The second-order valence-corrected chi connectivity index (χ2v) is 16.3. The second-order valence-electron chi connectivity index (χ2n) is 10.7. The number of halogens is 1. The predicted molar refractivity (Wildman–Crippen MR) is 153 cm³/mol. The Hall–Kier alpha value is -3.09. The van der Waals surface area contributed by atoms with Gasteiger partial charge in [0.2, 0.25) is 11.8 Å². The molecule has 0 unspecified atom stereocenters. The number of para-hydroxylation sites is 1. The molecular weight excluding hydrogens is 568 g/mol. The summed E-state index contributed by atoms with van der Waals surface area (Å²) in [5, 5.41) is 7.59. The number of nitrogens with two attached hydrogens (primary N) is 1. The van der Waals surface area contributed by atoms with E-state index < -0.39 is 26.2 Å². The number of nitrogens with one attached hydrogen (secondary N) is 1. The van der Waals surface area contributed by atoms with Crippen molar-refractivity contribution in [1.82, 2.24) is 19.7 Å². The first-order valence-corrected chi connectivity index (χ1v) is 16.0. The monoisotopic (exact) mass is 602 g/mol. The number of pyridine rings is 1. The molecule has 0 fully saturated rings. The fraction of sp³-hybridized carbons (Fsp3) is 0.423. The number of amides is 3. The number of hydrogen-bond acceptors (Lipinski definition) is 6. The minimum atomic E-state index is -2.10. The molecule has 3 amide bonds. The summed E-state index contributed by atoms with van der Waals surface area (Å²) in [5.41, 5.74) is 6.20. The summed E-state index contributed by atoms with van der Waals surface area (Å²) in [6.07, 6.45) is 0. The highest BCUT2D eigenvalue weighted by Crippen LogP contribution is 2.36. The molecule has 204 valence electrons. The Morgan fingerprint density at radius 1 is 1.16 bits per heavy atom. The van der Waals surface area contributed by atoms with Gasteiger partial charge >= 0.3 is 0 Å². The van der Waals surface area contributed by atoms with Crippen LogP contribution in [-0.4, -0.2) is 64.9 Å². The van der Waals surface area contributed by atoms with Gasteiger partial charge in [0.15, 0.2) is 14.0 Å². The number of nitrogens with zero attached hydrogens (tertiary/aromatic N) is 4. The number of carbonyl (C=O) groups is 3. The molecule has 0 aliphatic carbocycles. The van der Waals surface area contributed by atoms with Crippen LogP contribution >= 0.6 is 15.9 Å². The highest BCUT2D eigenvalue weighted by molar-refractivity contribution is 9.10. The van der Waals surface area contributed by atoms with E-state index in [2.05, 4.69) is 65.2 Å². The van der Waals surface area contributed by atoms with Gasteiger partial charge in [-0.15, -0.1) is 0 Å². The highest BCUT2D eigenvalue weighted by Gasteiger charge is 2.38.